The quantitative estimate of drug-likeness (QED) is 0.214. The van der Waals surface area contributed by atoms with Crippen LogP contribution in [0.5, 0.6) is 0 Å². The molecule has 6 atom stereocenters. The van der Waals surface area contributed by atoms with Gasteiger partial charge < -0.3 is 20.0 Å². The molecule has 0 aromatic heterocycles. The van der Waals surface area contributed by atoms with Gasteiger partial charge >= 0.3 is 11.9 Å². The second kappa shape index (κ2) is 16.4. The first-order valence-electron chi connectivity index (χ1n) is 11.4. The molecule has 0 radical (unpaired) electrons. The van der Waals surface area contributed by atoms with Crippen LogP contribution < -0.4 is 0 Å². The Bertz CT molecular complexity index is 780. The summed E-state index contributed by atoms with van der Waals surface area (Å²) in [6.45, 7) is 10.0. The molecule has 6 unspecified atom stereocenters. The van der Waals surface area contributed by atoms with E-state index in [1.165, 1.54) is 20.8 Å². The van der Waals surface area contributed by atoms with Crippen LogP contribution in [0, 0.1) is 23.7 Å². The van der Waals surface area contributed by atoms with Crippen molar-refractivity contribution in [1.82, 2.24) is 0 Å². The van der Waals surface area contributed by atoms with Gasteiger partial charge in [-0.15, -0.1) is 0 Å². The number of carboxylic acids is 2. The average Bonchev–Trinajstić information content (AvgIpc) is 2.63. The van der Waals surface area contributed by atoms with Crippen LogP contribution in [0.3, 0.4) is 0 Å². The van der Waals surface area contributed by atoms with E-state index in [9.17, 15) is 38.1 Å². The first-order chi connectivity index (χ1) is 15.3. The van der Waals surface area contributed by atoms with Gasteiger partial charge in [-0.3, -0.25) is 28.3 Å². The summed E-state index contributed by atoms with van der Waals surface area (Å²) in [5.74, 6) is -4.54. The van der Waals surface area contributed by atoms with Gasteiger partial charge in [-0.05, 0) is 26.2 Å². The number of ketones is 2. The highest BCUT2D eigenvalue weighted by atomic mass is 31.2. The summed E-state index contributed by atoms with van der Waals surface area (Å²) < 4.78 is 23.7. The molecule has 0 aliphatic rings. The van der Waals surface area contributed by atoms with Gasteiger partial charge in [0.15, 0.2) is 0 Å². The molecule has 0 saturated carbocycles. The van der Waals surface area contributed by atoms with Crippen molar-refractivity contribution in [1.29, 1.82) is 0 Å². The van der Waals surface area contributed by atoms with Gasteiger partial charge in [0, 0.05) is 42.9 Å². The standard InChI is InChI=1S/C11H19O7P.C11H23O3P/c1-7(8(2)12)5-19(17,18)6-9(11(15)16)3-4-10(13)14;1-5-6-9(2)7-15(13,14)8-10(3)11(4)12/h7,9H,3-6H2,1-2H3,(H,13,14)(H,15,16)(H,17,18);9-10H,5-8H2,1-4H3,(H,13,14). The molecule has 0 bridgehead atoms. The van der Waals surface area contributed by atoms with Crippen molar-refractivity contribution in [2.24, 2.45) is 23.7 Å². The number of hydrogen-bond donors (Lipinski definition) is 4. The molecule has 0 fully saturated rings. The van der Waals surface area contributed by atoms with E-state index in [2.05, 4.69) is 6.92 Å². The maximum absolute atomic E-state index is 11.9. The number of hydrogen-bond acceptors (Lipinski definition) is 6. The number of carboxylic acid groups (broad SMARTS) is 2. The van der Waals surface area contributed by atoms with Crippen LogP contribution in [0.4, 0.5) is 0 Å². The Morgan fingerprint density at radius 3 is 1.47 bits per heavy atom. The van der Waals surface area contributed by atoms with Crippen LogP contribution in [-0.4, -0.2) is 68.2 Å². The normalized spacial score (nSPS) is 18.1. The topological polar surface area (TPSA) is 183 Å². The Morgan fingerprint density at radius 1 is 0.735 bits per heavy atom. The molecule has 0 saturated heterocycles. The summed E-state index contributed by atoms with van der Waals surface area (Å²) in [5.41, 5.74) is 0. The Hall–Kier alpha value is -1.34. The predicted octanol–water partition coefficient (Wildman–Crippen LogP) is 3.97. The third-order valence-corrected chi connectivity index (χ3v) is 9.89. The molecule has 0 spiro atoms. The van der Waals surface area contributed by atoms with Gasteiger partial charge in [0.1, 0.15) is 11.6 Å². The zero-order valence-corrected chi connectivity index (χ0v) is 22.9. The maximum atomic E-state index is 11.9. The van der Waals surface area contributed by atoms with Crippen molar-refractivity contribution in [3.8, 4) is 0 Å². The smallest absolute Gasteiger partial charge is 0.307 e. The first-order valence-corrected chi connectivity index (χ1v) is 15.5. The molecular formula is C22H42O10P2. The van der Waals surface area contributed by atoms with E-state index in [0.29, 0.717) is 6.16 Å². The summed E-state index contributed by atoms with van der Waals surface area (Å²) in [5, 5.41) is 17.4. The number of rotatable bonds is 16. The molecule has 0 aliphatic heterocycles. The third-order valence-electron chi connectivity index (χ3n) is 5.45. The van der Waals surface area contributed by atoms with Crippen LogP contribution in [0.2, 0.25) is 0 Å². The Balaban J connectivity index is 0. The molecule has 0 amide bonds. The van der Waals surface area contributed by atoms with Crippen LogP contribution in [-0.2, 0) is 28.3 Å². The van der Waals surface area contributed by atoms with Crippen molar-refractivity contribution >= 4 is 38.2 Å². The molecule has 0 heterocycles. The summed E-state index contributed by atoms with van der Waals surface area (Å²) in [6, 6.07) is 0. The summed E-state index contributed by atoms with van der Waals surface area (Å²) in [4.78, 5) is 62.8. The highest BCUT2D eigenvalue weighted by Gasteiger charge is 2.31. The molecule has 200 valence electrons. The van der Waals surface area contributed by atoms with Gasteiger partial charge in [0.05, 0.1) is 5.92 Å². The SMILES string of the molecule is CC(=O)C(C)CP(=O)(O)CC(CCC(=O)O)C(=O)O.CCCC(C)CP(=O)(O)CC(C)C(C)=O. The van der Waals surface area contributed by atoms with Crippen molar-refractivity contribution in [2.45, 2.75) is 67.2 Å². The van der Waals surface area contributed by atoms with Gasteiger partial charge in [-0.2, -0.15) is 0 Å². The van der Waals surface area contributed by atoms with E-state index >= 15 is 0 Å². The van der Waals surface area contributed by atoms with E-state index < -0.39 is 44.7 Å². The van der Waals surface area contributed by atoms with E-state index in [4.69, 9.17) is 10.2 Å². The van der Waals surface area contributed by atoms with Crippen molar-refractivity contribution in [3.05, 3.63) is 0 Å². The highest BCUT2D eigenvalue weighted by molar-refractivity contribution is 7.58. The highest BCUT2D eigenvalue weighted by Crippen LogP contribution is 2.46. The van der Waals surface area contributed by atoms with Crippen molar-refractivity contribution in [3.63, 3.8) is 0 Å². The lowest BCUT2D eigenvalue weighted by molar-refractivity contribution is -0.142. The van der Waals surface area contributed by atoms with Crippen LogP contribution in [0.15, 0.2) is 0 Å². The van der Waals surface area contributed by atoms with E-state index in [0.717, 1.165) is 12.8 Å². The Labute approximate surface area is 202 Å². The largest absolute Gasteiger partial charge is 0.481 e. The van der Waals surface area contributed by atoms with Gasteiger partial charge in [0.25, 0.3) is 0 Å². The molecular weight excluding hydrogens is 486 g/mol. The zero-order valence-electron chi connectivity index (χ0n) is 21.1. The number of aliphatic carboxylic acids is 2. The zero-order chi connectivity index (χ0) is 27.3. The lowest BCUT2D eigenvalue weighted by Gasteiger charge is -2.18. The molecule has 0 aromatic rings. The van der Waals surface area contributed by atoms with Crippen LogP contribution >= 0.6 is 14.7 Å². The average molecular weight is 529 g/mol. The van der Waals surface area contributed by atoms with E-state index in [1.807, 2.05) is 6.92 Å². The van der Waals surface area contributed by atoms with Crippen LogP contribution in [0.25, 0.3) is 0 Å². The number of carbonyl (C=O) groups is 4. The monoisotopic (exact) mass is 528 g/mol. The van der Waals surface area contributed by atoms with Crippen molar-refractivity contribution < 1.29 is 48.3 Å². The second-order valence-electron chi connectivity index (χ2n) is 9.31. The fraction of sp³-hybridized carbons (Fsp3) is 0.818. The molecule has 10 nitrogen and oxygen atoms in total. The lowest BCUT2D eigenvalue weighted by atomic mass is 10.1. The second-order valence-corrected chi connectivity index (χ2v) is 14.2. The molecule has 34 heavy (non-hydrogen) atoms. The van der Waals surface area contributed by atoms with Gasteiger partial charge in [-0.25, -0.2) is 0 Å². The fourth-order valence-corrected chi connectivity index (χ4v) is 7.98. The fourth-order valence-electron chi connectivity index (χ4n) is 3.27. The minimum atomic E-state index is -3.77. The summed E-state index contributed by atoms with van der Waals surface area (Å²) in [7, 11) is -6.88. The predicted molar refractivity (Wildman–Crippen MR) is 131 cm³/mol. The first kappa shape index (κ1) is 34.8. The van der Waals surface area contributed by atoms with E-state index in [-0.39, 0.29) is 48.6 Å². The molecule has 0 aliphatic carbocycles. The van der Waals surface area contributed by atoms with Crippen molar-refractivity contribution in [2.75, 3.05) is 24.6 Å². The van der Waals surface area contributed by atoms with Gasteiger partial charge in [-0.1, -0.05) is 40.5 Å². The molecule has 4 N–H and O–H groups in total. The number of Topliss-reactive ketones (excluding diaryl/α,β-unsaturated/α-hetero) is 2. The summed E-state index contributed by atoms with van der Waals surface area (Å²) in [6.07, 6.45) is 1.12. The Kier molecular flexibility index (Phi) is 16.8. The van der Waals surface area contributed by atoms with Crippen LogP contribution in [0.1, 0.15) is 67.2 Å². The van der Waals surface area contributed by atoms with E-state index in [1.54, 1.807) is 6.92 Å². The minimum absolute atomic E-state index is 0.00702. The third kappa shape index (κ3) is 18.0. The number of carbonyl (C=O) groups excluding carboxylic acids is 2. The summed E-state index contributed by atoms with van der Waals surface area (Å²) >= 11 is 0. The molecule has 0 aromatic carbocycles. The van der Waals surface area contributed by atoms with Gasteiger partial charge in [0.2, 0.25) is 14.7 Å². The lowest BCUT2D eigenvalue weighted by Crippen LogP contribution is -2.22. The maximum Gasteiger partial charge on any atom is 0.307 e. The minimum Gasteiger partial charge on any atom is -0.481 e. The molecule has 0 rings (SSSR count). The molecule has 12 heteroatoms. The Morgan fingerprint density at radius 2 is 1.15 bits per heavy atom.